The van der Waals surface area contributed by atoms with Crippen molar-refractivity contribution in [2.75, 3.05) is 24.6 Å². The zero-order chi connectivity index (χ0) is 15.7. The first kappa shape index (κ1) is 15.4. The molecular formula is C14H22N6OS. The standard InChI is InChI=1S/C14H22N6OS/c1-5-19-9-15-17-11(19)10-8-20(6-7-21-10)13-16-12(18-22-13)14(2,3)4/h9-10H,5-8H2,1-4H3. The van der Waals surface area contributed by atoms with E-state index in [0.717, 1.165) is 36.4 Å². The summed E-state index contributed by atoms with van der Waals surface area (Å²) < 4.78 is 12.4. The van der Waals surface area contributed by atoms with Crippen molar-refractivity contribution in [3.8, 4) is 0 Å². The van der Waals surface area contributed by atoms with Gasteiger partial charge >= 0.3 is 0 Å². The van der Waals surface area contributed by atoms with Crippen LogP contribution in [-0.2, 0) is 16.7 Å². The van der Waals surface area contributed by atoms with E-state index in [4.69, 9.17) is 9.72 Å². The quantitative estimate of drug-likeness (QED) is 0.861. The molecule has 7 nitrogen and oxygen atoms in total. The van der Waals surface area contributed by atoms with Crippen molar-refractivity contribution in [1.82, 2.24) is 24.1 Å². The van der Waals surface area contributed by atoms with Gasteiger partial charge in [-0.2, -0.15) is 4.37 Å². The lowest BCUT2D eigenvalue weighted by Gasteiger charge is -2.32. The maximum absolute atomic E-state index is 5.88. The molecule has 0 N–H and O–H groups in total. The van der Waals surface area contributed by atoms with Gasteiger partial charge in [-0.3, -0.25) is 0 Å². The largest absolute Gasteiger partial charge is 0.366 e. The lowest BCUT2D eigenvalue weighted by molar-refractivity contribution is 0.0316. The van der Waals surface area contributed by atoms with Gasteiger partial charge in [-0.1, -0.05) is 20.8 Å². The van der Waals surface area contributed by atoms with Crippen molar-refractivity contribution in [2.45, 2.75) is 45.8 Å². The fraction of sp³-hybridized carbons (Fsp3) is 0.714. The topological polar surface area (TPSA) is 69.0 Å². The number of morpholine rings is 1. The van der Waals surface area contributed by atoms with Crippen LogP contribution in [0, 0.1) is 0 Å². The highest BCUT2D eigenvalue weighted by Gasteiger charge is 2.29. The van der Waals surface area contributed by atoms with E-state index >= 15 is 0 Å². The molecule has 0 amide bonds. The van der Waals surface area contributed by atoms with Crippen LogP contribution in [0.4, 0.5) is 5.13 Å². The minimum atomic E-state index is -0.0711. The number of hydrogen-bond donors (Lipinski definition) is 0. The van der Waals surface area contributed by atoms with E-state index in [9.17, 15) is 0 Å². The monoisotopic (exact) mass is 322 g/mol. The SMILES string of the molecule is CCn1cnnc1C1CN(c2nc(C(C)(C)C)ns2)CCO1. The van der Waals surface area contributed by atoms with Gasteiger partial charge in [-0.05, 0) is 6.92 Å². The Morgan fingerprint density at radius 3 is 2.91 bits per heavy atom. The molecule has 120 valence electrons. The number of aryl methyl sites for hydroxylation is 1. The number of hydrogen-bond acceptors (Lipinski definition) is 7. The van der Waals surface area contributed by atoms with Gasteiger partial charge in [0.05, 0.1) is 13.2 Å². The van der Waals surface area contributed by atoms with Gasteiger partial charge in [0.15, 0.2) is 5.82 Å². The highest BCUT2D eigenvalue weighted by atomic mass is 32.1. The summed E-state index contributed by atoms with van der Waals surface area (Å²) in [7, 11) is 0. The van der Waals surface area contributed by atoms with Gasteiger partial charge < -0.3 is 14.2 Å². The van der Waals surface area contributed by atoms with E-state index in [1.165, 1.54) is 11.5 Å². The average molecular weight is 322 g/mol. The fourth-order valence-electron chi connectivity index (χ4n) is 2.38. The highest BCUT2D eigenvalue weighted by molar-refractivity contribution is 7.09. The molecule has 2 aromatic rings. The fourth-order valence-corrected chi connectivity index (χ4v) is 3.28. The number of rotatable bonds is 3. The predicted octanol–water partition coefficient (Wildman–Crippen LogP) is 2.02. The first-order valence-corrected chi connectivity index (χ1v) is 8.35. The van der Waals surface area contributed by atoms with E-state index in [-0.39, 0.29) is 11.5 Å². The second kappa shape index (κ2) is 5.92. The molecule has 8 heteroatoms. The summed E-state index contributed by atoms with van der Waals surface area (Å²) in [5.41, 5.74) is -0.0250. The number of aromatic nitrogens is 5. The van der Waals surface area contributed by atoms with E-state index in [0.29, 0.717) is 6.61 Å². The maximum Gasteiger partial charge on any atom is 0.205 e. The number of anilines is 1. The molecule has 0 bridgehead atoms. The molecule has 1 aliphatic rings. The smallest absolute Gasteiger partial charge is 0.205 e. The Labute approximate surface area is 134 Å². The van der Waals surface area contributed by atoms with Crippen LogP contribution in [0.25, 0.3) is 0 Å². The Morgan fingerprint density at radius 2 is 2.23 bits per heavy atom. The van der Waals surface area contributed by atoms with Gasteiger partial charge in [0.25, 0.3) is 0 Å². The van der Waals surface area contributed by atoms with Crippen LogP contribution in [0.5, 0.6) is 0 Å². The van der Waals surface area contributed by atoms with Crippen molar-refractivity contribution in [3.63, 3.8) is 0 Å². The zero-order valence-electron chi connectivity index (χ0n) is 13.5. The minimum absolute atomic E-state index is 0.0250. The minimum Gasteiger partial charge on any atom is -0.366 e. The molecule has 2 aromatic heterocycles. The second-order valence-corrected chi connectivity index (χ2v) is 7.16. The maximum atomic E-state index is 5.88. The predicted molar refractivity (Wildman–Crippen MR) is 85.2 cm³/mol. The summed E-state index contributed by atoms with van der Waals surface area (Å²) in [4.78, 5) is 6.93. The highest BCUT2D eigenvalue weighted by Crippen LogP contribution is 2.29. The Hall–Kier alpha value is -1.54. The van der Waals surface area contributed by atoms with Crippen LogP contribution in [0.1, 0.15) is 45.4 Å². The molecule has 1 atom stereocenters. The van der Waals surface area contributed by atoms with Crippen LogP contribution < -0.4 is 4.90 Å². The second-order valence-electron chi connectivity index (χ2n) is 6.43. The summed E-state index contributed by atoms with van der Waals surface area (Å²) in [6.45, 7) is 11.5. The van der Waals surface area contributed by atoms with Crippen molar-refractivity contribution in [3.05, 3.63) is 18.0 Å². The van der Waals surface area contributed by atoms with E-state index in [1.807, 2.05) is 4.57 Å². The molecule has 0 aromatic carbocycles. The van der Waals surface area contributed by atoms with E-state index in [2.05, 4.69) is 47.2 Å². The first-order chi connectivity index (χ1) is 10.5. The summed E-state index contributed by atoms with van der Waals surface area (Å²) in [6, 6.07) is 0. The third-order valence-corrected chi connectivity index (χ3v) is 4.47. The molecule has 0 radical (unpaired) electrons. The van der Waals surface area contributed by atoms with Gasteiger partial charge in [0, 0.05) is 30.0 Å². The molecule has 0 spiro atoms. The van der Waals surface area contributed by atoms with Crippen LogP contribution in [0.3, 0.4) is 0 Å². The molecule has 0 saturated carbocycles. The van der Waals surface area contributed by atoms with E-state index < -0.39 is 0 Å². The molecule has 1 unspecified atom stereocenters. The molecule has 1 aliphatic heterocycles. The molecule has 0 aliphatic carbocycles. The number of nitrogens with zero attached hydrogens (tertiary/aromatic N) is 6. The van der Waals surface area contributed by atoms with Crippen molar-refractivity contribution < 1.29 is 4.74 Å². The van der Waals surface area contributed by atoms with Gasteiger partial charge in [-0.25, -0.2) is 4.98 Å². The van der Waals surface area contributed by atoms with Crippen LogP contribution in [0.15, 0.2) is 6.33 Å². The first-order valence-electron chi connectivity index (χ1n) is 7.57. The van der Waals surface area contributed by atoms with Crippen LogP contribution in [0.2, 0.25) is 0 Å². The van der Waals surface area contributed by atoms with Crippen molar-refractivity contribution in [1.29, 1.82) is 0 Å². The lowest BCUT2D eigenvalue weighted by atomic mass is 9.96. The zero-order valence-corrected chi connectivity index (χ0v) is 14.3. The van der Waals surface area contributed by atoms with Gasteiger partial charge in [-0.15, -0.1) is 10.2 Å². The van der Waals surface area contributed by atoms with Gasteiger partial charge in [0.2, 0.25) is 5.13 Å². The normalized spacial score (nSPS) is 19.6. The summed E-state index contributed by atoms with van der Waals surface area (Å²) >= 11 is 1.46. The third kappa shape index (κ3) is 2.98. The Morgan fingerprint density at radius 1 is 1.41 bits per heavy atom. The van der Waals surface area contributed by atoms with Crippen molar-refractivity contribution >= 4 is 16.7 Å². The number of ether oxygens (including phenoxy) is 1. The van der Waals surface area contributed by atoms with Crippen LogP contribution >= 0.6 is 11.5 Å². The average Bonchev–Trinajstić information content (AvgIpc) is 3.16. The Bertz CT molecular complexity index is 631. The van der Waals surface area contributed by atoms with Gasteiger partial charge in [0.1, 0.15) is 18.3 Å². The molecule has 1 saturated heterocycles. The lowest BCUT2D eigenvalue weighted by Crippen LogP contribution is -2.39. The van der Waals surface area contributed by atoms with Crippen LogP contribution in [-0.4, -0.2) is 43.8 Å². The molecule has 1 fully saturated rings. The molecule has 3 rings (SSSR count). The van der Waals surface area contributed by atoms with E-state index in [1.54, 1.807) is 6.33 Å². The Kier molecular flexibility index (Phi) is 4.14. The Balaban J connectivity index is 1.77. The summed E-state index contributed by atoms with van der Waals surface area (Å²) in [6.07, 6.45) is 1.68. The molecular weight excluding hydrogens is 300 g/mol. The summed E-state index contributed by atoms with van der Waals surface area (Å²) in [5.74, 6) is 1.78. The molecule has 22 heavy (non-hydrogen) atoms. The molecule has 3 heterocycles. The third-order valence-electron chi connectivity index (χ3n) is 3.70. The van der Waals surface area contributed by atoms with Crippen molar-refractivity contribution in [2.24, 2.45) is 0 Å². The summed E-state index contributed by atoms with van der Waals surface area (Å²) in [5, 5.41) is 9.16.